The van der Waals surface area contributed by atoms with Gasteiger partial charge in [0.05, 0.1) is 17.9 Å². The summed E-state index contributed by atoms with van der Waals surface area (Å²) in [5.74, 6) is 1.54. The molecule has 2 aromatic heterocycles. The number of hydrogen-bond acceptors (Lipinski definition) is 5. The van der Waals surface area contributed by atoms with Gasteiger partial charge in [-0.2, -0.15) is 0 Å². The van der Waals surface area contributed by atoms with Gasteiger partial charge in [0.15, 0.2) is 0 Å². The maximum absolute atomic E-state index is 14.8. The van der Waals surface area contributed by atoms with Crippen molar-refractivity contribution in [3.05, 3.63) is 83.3 Å². The Bertz CT molecular complexity index is 921. The Morgan fingerprint density at radius 1 is 1.07 bits per heavy atom. The van der Waals surface area contributed by atoms with Crippen LogP contribution in [0.3, 0.4) is 0 Å². The molecule has 0 unspecified atom stereocenters. The average molecular weight is 381 g/mol. The molecular formula is C22H24FN3O2. The first-order chi connectivity index (χ1) is 13.6. The van der Waals surface area contributed by atoms with Crippen molar-refractivity contribution in [2.24, 2.45) is 0 Å². The Morgan fingerprint density at radius 2 is 1.89 bits per heavy atom. The van der Waals surface area contributed by atoms with Gasteiger partial charge in [0.1, 0.15) is 23.4 Å². The highest BCUT2D eigenvalue weighted by molar-refractivity contribution is 5.57. The molecule has 5 nitrogen and oxygen atoms in total. The van der Waals surface area contributed by atoms with Crippen molar-refractivity contribution in [2.75, 3.05) is 31.1 Å². The van der Waals surface area contributed by atoms with Gasteiger partial charge in [-0.25, -0.2) is 4.39 Å². The summed E-state index contributed by atoms with van der Waals surface area (Å²) in [7, 11) is 0. The monoisotopic (exact) mass is 381 g/mol. The molecule has 3 aromatic rings. The van der Waals surface area contributed by atoms with Gasteiger partial charge in [-0.05, 0) is 37.3 Å². The molecule has 3 heterocycles. The summed E-state index contributed by atoms with van der Waals surface area (Å²) in [4.78, 5) is 8.53. The van der Waals surface area contributed by atoms with Crippen LogP contribution < -0.4 is 4.90 Å². The molecule has 1 aromatic carbocycles. The van der Waals surface area contributed by atoms with E-state index in [0.29, 0.717) is 30.0 Å². The van der Waals surface area contributed by atoms with Crippen LogP contribution in [-0.4, -0.2) is 41.2 Å². The van der Waals surface area contributed by atoms with Gasteiger partial charge < -0.3 is 14.4 Å². The Hall–Kier alpha value is -2.70. The predicted molar refractivity (Wildman–Crippen MR) is 106 cm³/mol. The van der Waals surface area contributed by atoms with Crippen molar-refractivity contribution in [1.82, 2.24) is 9.88 Å². The second kappa shape index (κ2) is 8.12. The molecule has 0 radical (unpaired) electrons. The van der Waals surface area contributed by atoms with Gasteiger partial charge in [0, 0.05) is 37.9 Å². The first kappa shape index (κ1) is 18.7. The molecule has 1 saturated heterocycles. The highest BCUT2D eigenvalue weighted by Gasteiger charge is 2.26. The van der Waals surface area contributed by atoms with Crippen LogP contribution in [0.1, 0.15) is 28.9 Å². The summed E-state index contributed by atoms with van der Waals surface area (Å²) in [6.07, 6.45) is 0.670. The summed E-state index contributed by atoms with van der Waals surface area (Å²) in [5, 5.41) is 10.8. The van der Waals surface area contributed by atoms with Crippen LogP contribution >= 0.6 is 0 Å². The number of aliphatic hydroxyl groups excluding tert-OH is 1. The smallest absolute Gasteiger partial charge is 0.146 e. The fourth-order valence-electron chi connectivity index (χ4n) is 3.70. The molecule has 28 heavy (non-hydrogen) atoms. The average Bonchev–Trinajstić information content (AvgIpc) is 3.13. The maximum Gasteiger partial charge on any atom is 0.146 e. The Labute approximate surface area is 164 Å². The Morgan fingerprint density at radius 3 is 2.57 bits per heavy atom. The van der Waals surface area contributed by atoms with Crippen molar-refractivity contribution in [1.29, 1.82) is 0 Å². The fraction of sp³-hybridized carbons (Fsp3) is 0.318. The van der Waals surface area contributed by atoms with Crippen LogP contribution in [0.4, 0.5) is 10.1 Å². The third-order valence-corrected chi connectivity index (χ3v) is 5.14. The van der Waals surface area contributed by atoms with Crippen molar-refractivity contribution in [3.63, 3.8) is 0 Å². The highest BCUT2D eigenvalue weighted by atomic mass is 19.1. The van der Waals surface area contributed by atoms with Crippen molar-refractivity contribution >= 4 is 5.69 Å². The molecule has 1 N–H and O–H groups in total. The molecule has 0 saturated carbocycles. The summed E-state index contributed by atoms with van der Waals surface area (Å²) < 4.78 is 20.4. The number of piperazine rings is 1. The number of para-hydroxylation sites is 1. The lowest BCUT2D eigenvalue weighted by molar-refractivity contribution is 0.212. The Kier molecular flexibility index (Phi) is 5.41. The van der Waals surface area contributed by atoms with Crippen LogP contribution in [0.5, 0.6) is 0 Å². The van der Waals surface area contributed by atoms with E-state index in [1.165, 1.54) is 6.07 Å². The number of halogens is 1. The molecule has 0 amide bonds. The molecule has 0 spiro atoms. The molecule has 1 fully saturated rings. The number of aryl methyl sites for hydroxylation is 1. The number of aromatic nitrogens is 1. The van der Waals surface area contributed by atoms with Crippen molar-refractivity contribution < 1.29 is 13.9 Å². The third kappa shape index (κ3) is 3.93. The number of aliphatic hydroxyl groups is 1. The van der Waals surface area contributed by atoms with Gasteiger partial charge in [0.25, 0.3) is 0 Å². The van der Waals surface area contributed by atoms with Crippen LogP contribution in [0.25, 0.3) is 0 Å². The zero-order chi connectivity index (χ0) is 19.5. The largest absolute Gasteiger partial charge is 0.465 e. The van der Waals surface area contributed by atoms with E-state index in [9.17, 15) is 9.50 Å². The fourth-order valence-corrected chi connectivity index (χ4v) is 3.70. The van der Waals surface area contributed by atoms with E-state index in [1.807, 2.05) is 30.0 Å². The number of anilines is 1. The number of furan rings is 1. The van der Waals surface area contributed by atoms with Crippen molar-refractivity contribution in [2.45, 2.75) is 19.6 Å². The first-order valence-corrected chi connectivity index (χ1v) is 9.52. The number of rotatable bonds is 5. The van der Waals surface area contributed by atoms with E-state index in [0.717, 1.165) is 31.2 Å². The molecule has 1 aliphatic heterocycles. The van der Waals surface area contributed by atoms with Crippen LogP contribution in [0, 0.1) is 12.7 Å². The van der Waals surface area contributed by atoms with Crippen molar-refractivity contribution in [3.8, 4) is 0 Å². The van der Waals surface area contributed by atoms with E-state index in [-0.39, 0.29) is 5.82 Å². The summed E-state index contributed by atoms with van der Waals surface area (Å²) in [6.45, 7) is 5.65. The minimum absolute atomic E-state index is 0.317. The molecule has 6 heteroatoms. The predicted octanol–water partition coefficient (Wildman–Crippen LogP) is 3.53. The zero-order valence-corrected chi connectivity index (χ0v) is 15.9. The van der Waals surface area contributed by atoms with Gasteiger partial charge >= 0.3 is 0 Å². The molecule has 146 valence electrons. The minimum atomic E-state index is -0.962. The summed E-state index contributed by atoms with van der Waals surface area (Å²) in [6, 6.07) is 14.2. The lowest BCUT2D eigenvalue weighted by atomic mass is 10.0. The normalized spacial score (nSPS) is 16.3. The van der Waals surface area contributed by atoms with E-state index in [4.69, 9.17) is 4.42 Å². The Balaban J connectivity index is 1.50. The van der Waals surface area contributed by atoms with Gasteiger partial charge in [-0.1, -0.05) is 18.2 Å². The lowest BCUT2D eigenvalue weighted by Crippen LogP contribution is -2.46. The highest BCUT2D eigenvalue weighted by Crippen LogP contribution is 2.33. The first-order valence-electron chi connectivity index (χ1n) is 9.52. The quantitative estimate of drug-likeness (QED) is 0.733. The topological polar surface area (TPSA) is 52.7 Å². The summed E-state index contributed by atoms with van der Waals surface area (Å²) in [5.41, 5.74) is 1.53. The second-order valence-corrected chi connectivity index (χ2v) is 7.11. The van der Waals surface area contributed by atoms with Gasteiger partial charge in [-0.15, -0.1) is 0 Å². The number of nitrogens with zero attached hydrogens (tertiary/aromatic N) is 3. The number of pyridine rings is 1. The molecular weight excluding hydrogens is 357 g/mol. The lowest BCUT2D eigenvalue weighted by Gasteiger charge is -2.37. The molecule has 1 aliphatic rings. The molecule has 4 rings (SSSR count). The number of benzene rings is 1. The van der Waals surface area contributed by atoms with Crippen LogP contribution in [0.15, 0.2) is 59.1 Å². The van der Waals surface area contributed by atoms with Gasteiger partial charge in [-0.3, -0.25) is 9.88 Å². The van der Waals surface area contributed by atoms with Gasteiger partial charge in [0.2, 0.25) is 0 Å². The molecule has 0 bridgehead atoms. The third-order valence-electron chi connectivity index (χ3n) is 5.14. The maximum atomic E-state index is 14.8. The van der Waals surface area contributed by atoms with E-state index in [1.54, 1.807) is 30.5 Å². The van der Waals surface area contributed by atoms with E-state index in [2.05, 4.69) is 9.88 Å². The minimum Gasteiger partial charge on any atom is -0.465 e. The van der Waals surface area contributed by atoms with E-state index >= 15 is 0 Å². The van der Waals surface area contributed by atoms with E-state index < -0.39 is 6.10 Å². The SMILES string of the molecule is Cc1ccc(CN2CCN(c3c(F)cccc3[C@H](O)c3ccccn3)CC2)o1. The summed E-state index contributed by atoms with van der Waals surface area (Å²) >= 11 is 0. The van der Waals surface area contributed by atoms with Crippen LogP contribution in [-0.2, 0) is 6.54 Å². The second-order valence-electron chi connectivity index (χ2n) is 7.11. The molecule has 0 aliphatic carbocycles. The molecule has 1 atom stereocenters. The van der Waals surface area contributed by atoms with Crippen LogP contribution in [0.2, 0.25) is 0 Å². The number of hydrogen-bond donors (Lipinski definition) is 1. The zero-order valence-electron chi connectivity index (χ0n) is 15.9. The standard InChI is InChI=1S/C22H24FN3O2/c1-16-8-9-17(28-16)15-25-11-13-26(14-12-25)21-18(5-4-6-19(21)23)22(27)20-7-2-3-10-24-20/h2-10,22,27H,11-15H2,1H3/t22-/m0/s1.